The molecule has 0 saturated carbocycles. The third-order valence-corrected chi connectivity index (χ3v) is 6.75. The average molecular weight is 518 g/mol. The van der Waals surface area contributed by atoms with Crippen LogP contribution in [0, 0.1) is 16.7 Å². The van der Waals surface area contributed by atoms with Gasteiger partial charge >= 0.3 is 6.18 Å². The first-order valence-corrected chi connectivity index (χ1v) is 11.4. The largest absolute Gasteiger partial charge is 0.504 e. The van der Waals surface area contributed by atoms with Crippen molar-refractivity contribution < 1.29 is 27.8 Å². The molecule has 36 heavy (non-hydrogen) atoms. The molecule has 3 N–H and O–H groups in total. The van der Waals surface area contributed by atoms with Crippen LogP contribution in [0.15, 0.2) is 59.1 Å². The number of aromatic hydroxyl groups is 1. The summed E-state index contributed by atoms with van der Waals surface area (Å²) >= 11 is 6.36. The van der Waals surface area contributed by atoms with Crippen molar-refractivity contribution in [2.24, 2.45) is 11.1 Å². The van der Waals surface area contributed by atoms with E-state index < -0.39 is 23.1 Å². The molecule has 1 heterocycles. The lowest BCUT2D eigenvalue weighted by molar-refractivity contribution is -0.137. The summed E-state index contributed by atoms with van der Waals surface area (Å²) in [5.74, 6) is -1.27. The minimum Gasteiger partial charge on any atom is -0.504 e. The van der Waals surface area contributed by atoms with Gasteiger partial charge < -0.3 is 15.6 Å². The van der Waals surface area contributed by atoms with Crippen molar-refractivity contribution in [1.29, 1.82) is 5.26 Å². The van der Waals surface area contributed by atoms with Crippen LogP contribution >= 0.6 is 11.6 Å². The molecular formula is C26H23ClF3N3O3. The maximum Gasteiger partial charge on any atom is 0.416 e. The number of hydrogen-bond acceptors (Lipinski definition) is 6. The highest BCUT2D eigenvalue weighted by Gasteiger charge is 2.45. The third kappa shape index (κ3) is 4.26. The molecule has 2 aromatic carbocycles. The Bertz CT molecular complexity index is 1370. The molecule has 1 aliphatic heterocycles. The topological polar surface area (TPSA) is 99.6 Å². The lowest BCUT2D eigenvalue weighted by atomic mass is 9.68. The standard InChI is InChI=1S/C26H23ClF3N3O3/c1-25(2)10-18-23(20(35)11-25)22(13-4-7-19(34)21(8-13)36-3)15(12-31)24(32)33(18)17-9-14(26(28,29)30)5-6-16(17)27/h4-9,22,34H,10-11,32H2,1-3H3. The normalized spacial score (nSPS) is 19.8. The number of nitrogens with zero attached hydrogens (tertiary/aromatic N) is 2. The van der Waals surface area contributed by atoms with E-state index in [0.29, 0.717) is 17.7 Å². The van der Waals surface area contributed by atoms with E-state index in [2.05, 4.69) is 6.07 Å². The van der Waals surface area contributed by atoms with Crippen LogP contribution in [-0.2, 0) is 11.0 Å². The summed E-state index contributed by atoms with van der Waals surface area (Å²) in [5.41, 5.74) is 6.02. The predicted molar refractivity (Wildman–Crippen MR) is 128 cm³/mol. The molecule has 2 aromatic rings. The summed E-state index contributed by atoms with van der Waals surface area (Å²) in [5, 5.41) is 20.2. The molecule has 1 atom stereocenters. The summed E-state index contributed by atoms with van der Waals surface area (Å²) in [6, 6.07) is 9.34. The Labute approximate surface area is 211 Å². The van der Waals surface area contributed by atoms with Gasteiger partial charge in [0.05, 0.1) is 40.9 Å². The second-order valence-corrected chi connectivity index (χ2v) is 9.98. The molecule has 0 aromatic heterocycles. The van der Waals surface area contributed by atoms with E-state index in [1.54, 1.807) is 6.07 Å². The van der Waals surface area contributed by atoms with Gasteiger partial charge in [0.2, 0.25) is 0 Å². The van der Waals surface area contributed by atoms with Crippen LogP contribution in [-0.4, -0.2) is 18.0 Å². The van der Waals surface area contributed by atoms with E-state index in [4.69, 9.17) is 22.1 Å². The highest BCUT2D eigenvalue weighted by Crippen LogP contribution is 2.52. The van der Waals surface area contributed by atoms with Gasteiger partial charge in [-0.15, -0.1) is 0 Å². The molecule has 0 spiro atoms. The maximum atomic E-state index is 13.6. The van der Waals surface area contributed by atoms with E-state index in [1.807, 2.05) is 13.8 Å². The first-order valence-electron chi connectivity index (χ1n) is 11.0. The fraction of sp³-hybridized carbons (Fsp3) is 0.308. The van der Waals surface area contributed by atoms with Crippen LogP contribution < -0.4 is 15.4 Å². The van der Waals surface area contributed by atoms with E-state index in [0.717, 1.165) is 18.2 Å². The molecule has 188 valence electrons. The number of phenols is 1. The molecule has 6 nitrogen and oxygen atoms in total. The Hall–Kier alpha value is -3.64. The number of carbonyl (C=O) groups is 1. The Kier molecular flexibility index (Phi) is 6.21. The molecule has 4 rings (SSSR count). The molecule has 0 fully saturated rings. The number of methoxy groups -OCH3 is 1. The predicted octanol–water partition coefficient (Wildman–Crippen LogP) is 6.01. The Morgan fingerprint density at radius 2 is 1.92 bits per heavy atom. The minimum absolute atomic E-state index is 0.0179. The van der Waals surface area contributed by atoms with E-state index in [9.17, 15) is 28.3 Å². The van der Waals surface area contributed by atoms with Gasteiger partial charge in [-0.25, -0.2) is 0 Å². The lowest BCUT2D eigenvalue weighted by Gasteiger charge is -2.44. The van der Waals surface area contributed by atoms with Crippen molar-refractivity contribution in [1.82, 2.24) is 0 Å². The zero-order valence-corrected chi connectivity index (χ0v) is 20.5. The molecule has 10 heteroatoms. The van der Waals surface area contributed by atoms with E-state index >= 15 is 0 Å². The molecule has 1 aliphatic carbocycles. The van der Waals surface area contributed by atoms with Crippen molar-refractivity contribution in [2.45, 2.75) is 38.8 Å². The van der Waals surface area contributed by atoms with Crippen molar-refractivity contribution >= 4 is 23.1 Å². The Balaban J connectivity index is 2.03. The number of hydrogen-bond donors (Lipinski definition) is 2. The smallest absolute Gasteiger partial charge is 0.416 e. The zero-order chi connectivity index (χ0) is 26.6. The minimum atomic E-state index is -4.64. The first-order chi connectivity index (χ1) is 16.8. The second-order valence-electron chi connectivity index (χ2n) is 9.58. The number of allylic oxidation sites excluding steroid dienone is 3. The summed E-state index contributed by atoms with van der Waals surface area (Å²) < 4.78 is 45.9. The van der Waals surface area contributed by atoms with Gasteiger partial charge in [0.25, 0.3) is 0 Å². The van der Waals surface area contributed by atoms with Crippen LogP contribution in [0.4, 0.5) is 18.9 Å². The molecule has 2 aliphatic rings. The molecular weight excluding hydrogens is 495 g/mol. The molecule has 0 bridgehead atoms. The number of nitriles is 1. The quantitative estimate of drug-likeness (QED) is 0.517. The average Bonchev–Trinajstić information content (AvgIpc) is 2.78. The van der Waals surface area contributed by atoms with Gasteiger partial charge in [-0.1, -0.05) is 31.5 Å². The lowest BCUT2D eigenvalue weighted by Crippen LogP contribution is -2.42. The number of phenolic OH excluding ortho intramolecular Hbond substituents is 1. The highest BCUT2D eigenvalue weighted by molar-refractivity contribution is 6.33. The Morgan fingerprint density at radius 3 is 2.53 bits per heavy atom. The number of Topliss-reactive ketones (excluding diaryl/α,β-unsaturated/α-hetero) is 1. The van der Waals surface area contributed by atoms with Crippen molar-refractivity contribution in [2.75, 3.05) is 12.0 Å². The molecule has 0 saturated heterocycles. The first kappa shape index (κ1) is 25.5. The summed E-state index contributed by atoms with van der Waals surface area (Å²) in [6.45, 7) is 3.75. The van der Waals surface area contributed by atoms with Gasteiger partial charge in [0.1, 0.15) is 5.82 Å². The molecule has 0 radical (unpaired) electrons. The summed E-state index contributed by atoms with van der Waals surface area (Å²) in [7, 11) is 1.37. The maximum absolute atomic E-state index is 13.6. The van der Waals surface area contributed by atoms with Gasteiger partial charge in [0, 0.05) is 17.7 Å². The van der Waals surface area contributed by atoms with Gasteiger partial charge in [-0.05, 0) is 47.7 Å². The zero-order valence-electron chi connectivity index (χ0n) is 19.7. The van der Waals surface area contributed by atoms with E-state index in [1.165, 1.54) is 24.1 Å². The van der Waals surface area contributed by atoms with Crippen LogP contribution in [0.5, 0.6) is 11.5 Å². The Morgan fingerprint density at radius 1 is 1.22 bits per heavy atom. The van der Waals surface area contributed by atoms with Crippen molar-refractivity contribution in [3.05, 3.63) is 75.2 Å². The number of carbonyl (C=O) groups excluding carboxylic acids is 1. The summed E-state index contributed by atoms with van der Waals surface area (Å²) in [6.07, 6.45) is -4.18. The summed E-state index contributed by atoms with van der Waals surface area (Å²) in [4.78, 5) is 14.9. The van der Waals surface area contributed by atoms with Crippen LogP contribution in [0.3, 0.4) is 0 Å². The molecule has 1 unspecified atom stereocenters. The number of ether oxygens (including phenoxy) is 1. The van der Waals surface area contributed by atoms with Crippen LogP contribution in [0.1, 0.15) is 43.7 Å². The number of alkyl halides is 3. The number of ketones is 1. The van der Waals surface area contributed by atoms with Crippen molar-refractivity contribution in [3.8, 4) is 17.6 Å². The number of benzene rings is 2. The SMILES string of the molecule is COc1cc(C2C(C#N)=C(N)N(c3cc(C(F)(F)F)ccc3Cl)C3=C2C(=O)CC(C)(C)C3)ccc1O. The molecule has 0 amide bonds. The number of halogens is 4. The fourth-order valence-corrected chi connectivity index (χ4v) is 5.05. The van der Waals surface area contributed by atoms with Gasteiger partial charge in [-0.3, -0.25) is 9.69 Å². The van der Waals surface area contributed by atoms with Crippen LogP contribution in [0.2, 0.25) is 5.02 Å². The fourth-order valence-electron chi connectivity index (χ4n) is 4.85. The van der Waals surface area contributed by atoms with Gasteiger partial charge in [0.15, 0.2) is 17.3 Å². The monoisotopic (exact) mass is 517 g/mol. The third-order valence-electron chi connectivity index (χ3n) is 6.43. The van der Waals surface area contributed by atoms with Crippen LogP contribution in [0.25, 0.3) is 0 Å². The van der Waals surface area contributed by atoms with Gasteiger partial charge in [-0.2, -0.15) is 18.4 Å². The van der Waals surface area contributed by atoms with Crippen molar-refractivity contribution in [3.63, 3.8) is 0 Å². The second kappa shape index (κ2) is 8.79. The van der Waals surface area contributed by atoms with E-state index in [-0.39, 0.29) is 51.4 Å². The number of anilines is 1. The number of rotatable bonds is 3. The highest BCUT2D eigenvalue weighted by atomic mass is 35.5. The number of nitrogens with two attached hydrogens (primary N) is 1.